The van der Waals surface area contributed by atoms with E-state index < -0.39 is 15.4 Å². The fourth-order valence-electron chi connectivity index (χ4n) is 2.86. The number of aryl methyl sites for hydroxylation is 2. The molecular weight excluding hydrogens is 336 g/mol. The second-order valence-electron chi connectivity index (χ2n) is 6.76. The van der Waals surface area contributed by atoms with Gasteiger partial charge in [-0.2, -0.15) is 8.42 Å². The second kappa shape index (κ2) is 11.5. The van der Waals surface area contributed by atoms with Crippen LogP contribution in [0.3, 0.4) is 0 Å². The van der Waals surface area contributed by atoms with Gasteiger partial charge in [0.15, 0.2) is 0 Å². The summed E-state index contributed by atoms with van der Waals surface area (Å²) >= 11 is 0. The molecule has 0 saturated carbocycles. The lowest BCUT2D eigenvalue weighted by molar-refractivity contribution is 0.301. The van der Waals surface area contributed by atoms with Gasteiger partial charge in [0.1, 0.15) is 17.6 Å². The zero-order valence-electron chi connectivity index (χ0n) is 16.0. The van der Waals surface area contributed by atoms with Crippen molar-refractivity contribution in [3.8, 4) is 5.75 Å². The Morgan fingerprint density at radius 1 is 0.920 bits per heavy atom. The first kappa shape index (κ1) is 22.0. The first-order chi connectivity index (χ1) is 11.9. The Bertz CT molecular complexity index is 567. The summed E-state index contributed by atoms with van der Waals surface area (Å²) in [4.78, 5) is 0. The van der Waals surface area contributed by atoms with Crippen LogP contribution in [0.2, 0.25) is 0 Å². The molecule has 1 N–H and O–H groups in total. The Labute approximate surface area is 153 Å². The van der Waals surface area contributed by atoms with Gasteiger partial charge in [0.2, 0.25) is 0 Å². The van der Waals surface area contributed by atoms with Crippen LogP contribution in [-0.2, 0) is 23.0 Å². The summed E-state index contributed by atoms with van der Waals surface area (Å²) in [5, 5.41) is -0.875. The summed E-state index contributed by atoms with van der Waals surface area (Å²) in [5.74, 6) is 0.711. The van der Waals surface area contributed by atoms with Gasteiger partial charge in [-0.25, -0.2) is 0 Å². The van der Waals surface area contributed by atoms with E-state index in [1.807, 2.05) is 12.1 Å². The van der Waals surface area contributed by atoms with E-state index in [0.29, 0.717) is 12.2 Å². The van der Waals surface area contributed by atoms with E-state index in [4.69, 9.17) is 4.74 Å². The van der Waals surface area contributed by atoms with Crippen molar-refractivity contribution in [1.29, 1.82) is 0 Å². The highest BCUT2D eigenvalue weighted by atomic mass is 32.2. The average molecular weight is 371 g/mol. The third-order valence-corrected chi connectivity index (χ3v) is 5.79. The molecule has 0 radical (unpaired) electrons. The maximum Gasteiger partial charge on any atom is 0.271 e. The largest absolute Gasteiger partial charge is 0.492 e. The standard InChI is InChI=1S/C20H34O4S/c1-4-7-9-11-17-13-18(12-10-8-5-2)15-19(14-17)24-16-20(6-3)25(21,22)23/h13-15,20H,4-12,16H2,1-3H3,(H,21,22,23). The Kier molecular flexibility index (Phi) is 10.1. The minimum atomic E-state index is -4.07. The van der Waals surface area contributed by atoms with Crippen molar-refractivity contribution in [2.24, 2.45) is 0 Å². The van der Waals surface area contributed by atoms with Gasteiger partial charge >= 0.3 is 0 Å². The molecule has 1 aromatic carbocycles. The fourth-order valence-corrected chi connectivity index (χ4v) is 3.52. The van der Waals surface area contributed by atoms with Crippen LogP contribution < -0.4 is 4.74 Å². The van der Waals surface area contributed by atoms with Crippen molar-refractivity contribution >= 4 is 10.1 Å². The molecule has 0 aromatic heterocycles. The third kappa shape index (κ3) is 8.73. The molecular formula is C20H34O4S. The van der Waals surface area contributed by atoms with E-state index in [1.165, 1.54) is 36.8 Å². The lowest BCUT2D eigenvalue weighted by Crippen LogP contribution is -2.26. The molecule has 1 unspecified atom stereocenters. The van der Waals surface area contributed by atoms with Crippen LogP contribution in [0.4, 0.5) is 0 Å². The minimum Gasteiger partial charge on any atom is -0.492 e. The van der Waals surface area contributed by atoms with E-state index in [1.54, 1.807) is 6.92 Å². The van der Waals surface area contributed by atoms with E-state index in [2.05, 4.69) is 19.9 Å². The molecule has 5 heteroatoms. The second-order valence-corrected chi connectivity index (χ2v) is 8.45. The number of unbranched alkanes of at least 4 members (excludes halogenated alkanes) is 4. The molecule has 0 heterocycles. The highest BCUT2D eigenvalue weighted by molar-refractivity contribution is 7.86. The number of hydrogen-bond acceptors (Lipinski definition) is 3. The van der Waals surface area contributed by atoms with Crippen molar-refractivity contribution in [2.45, 2.75) is 83.8 Å². The van der Waals surface area contributed by atoms with Crippen LogP contribution in [0.1, 0.15) is 76.8 Å². The number of rotatable bonds is 13. The molecule has 0 amide bonds. The molecule has 1 aromatic rings. The van der Waals surface area contributed by atoms with E-state index in [0.717, 1.165) is 25.7 Å². The Morgan fingerprint density at radius 2 is 1.44 bits per heavy atom. The van der Waals surface area contributed by atoms with Gasteiger partial charge < -0.3 is 4.74 Å². The van der Waals surface area contributed by atoms with Gasteiger partial charge in [-0.05, 0) is 55.4 Å². The van der Waals surface area contributed by atoms with Gasteiger partial charge in [-0.15, -0.1) is 0 Å². The van der Waals surface area contributed by atoms with Crippen LogP contribution in [0.25, 0.3) is 0 Å². The zero-order chi connectivity index (χ0) is 18.7. The van der Waals surface area contributed by atoms with Crippen LogP contribution in [0, 0.1) is 0 Å². The SMILES string of the molecule is CCCCCc1cc(CCCCC)cc(OCC(CC)S(=O)(=O)O)c1. The van der Waals surface area contributed by atoms with Crippen molar-refractivity contribution in [2.75, 3.05) is 6.61 Å². The van der Waals surface area contributed by atoms with Gasteiger partial charge in [0.05, 0.1) is 0 Å². The Balaban J connectivity index is 2.83. The maximum atomic E-state index is 11.3. The lowest BCUT2D eigenvalue weighted by Gasteiger charge is -2.15. The van der Waals surface area contributed by atoms with Crippen LogP contribution in [-0.4, -0.2) is 24.8 Å². The van der Waals surface area contributed by atoms with Gasteiger partial charge in [0.25, 0.3) is 10.1 Å². The molecule has 4 nitrogen and oxygen atoms in total. The molecule has 0 aliphatic carbocycles. The molecule has 0 aliphatic rings. The summed E-state index contributed by atoms with van der Waals surface area (Å²) in [6.45, 7) is 6.10. The fraction of sp³-hybridized carbons (Fsp3) is 0.700. The van der Waals surface area contributed by atoms with Crippen molar-refractivity contribution in [3.63, 3.8) is 0 Å². The number of ether oxygens (including phenoxy) is 1. The minimum absolute atomic E-state index is 0.0118. The summed E-state index contributed by atoms with van der Waals surface area (Å²) in [5.41, 5.74) is 2.50. The Morgan fingerprint density at radius 3 is 1.84 bits per heavy atom. The molecule has 0 spiro atoms. The predicted molar refractivity (Wildman–Crippen MR) is 104 cm³/mol. The van der Waals surface area contributed by atoms with Crippen molar-refractivity contribution in [3.05, 3.63) is 29.3 Å². The monoisotopic (exact) mass is 370 g/mol. The summed E-state index contributed by atoms with van der Waals surface area (Å²) < 4.78 is 37.7. The summed E-state index contributed by atoms with van der Waals surface area (Å²) in [6, 6.07) is 6.27. The lowest BCUT2D eigenvalue weighted by atomic mass is 10.0. The first-order valence-electron chi connectivity index (χ1n) is 9.62. The molecule has 0 saturated heterocycles. The topological polar surface area (TPSA) is 63.6 Å². The van der Waals surface area contributed by atoms with Crippen molar-refractivity contribution < 1.29 is 17.7 Å². The molecule has 1 atom stereocenters. The highest BCUT2D eigenvalue weighted by Crippen LogP contribution is 2.22. The van der Waals surface area contributed by atoms with Crippen LogP contribution in [0.15, 0.2) is 18.2 Å². The molecule has 25 heavy (non-hydrogen) atoms. The third-order valence-electron chi connectivity index (χ3n) is 4.48. The smallest absolute Gasteiger partial charge is 0.271 e. The molecule has 0 fully saturated rings. The Hall–Kier alpha value is -1.07. The summed E-state index contributed by atoms with van der Waals surface area (Å²) in [7, 11) is -4.07. The van der Waals surface area contributed by atoms with Gasteiger partial charge in [-0.3, -0.25) is 4.55 Å². The van der Waals surface area contributed by atoms with E-state index in [-0.39, 0.29) is 6.61 Å². The van der Waals surface area contributed by atoms with Crippen molar-refractivity contribution in [1.82, 2.24) is 0 Å². The summed E-state index contributed by atoms with van der Waals surface area (Å²) in [6.07, 6.45) is 9.45. The predicted octanol–water partition coefficient (Wildman–Crippen LogP) is 5.20. The highest BCUT2D eigenvalue weighted by Gasteiger charge is 2.21. The van der Waals surface area contributed by atoms with Crippen LogP contribution in [0.5, 0.6) is 5.75 Å². The quantitative estimate of drug-likeness (QED) is 0.383. The average Bonchev–Trinajstić information content (AvgIpc) is 2.54. The van der Waals surface area contributed by atoms with Gasteiger partial charge in [-0.1, -0.05) is 52.5 Å². The molecule has 1 rings (SSSR count). The van der Waals surface area contributed by atoms with Crippen LogP contribution >= 0.6 is 0 Å². The van der Waals surface area contributed by atoms with Gasteiger partial charge in [0, 0.05) is 0 Å². The number of benzene rings is 1. The molecule has 0 bridgehead atoms. The normalized spacial score (nSPS) is 13.0. The first-order valence-corrected chi connectivity index (χ1v) is 11.1. The molecule has 144 valence electrons. The van der Waals surface area contributed by atoms with E-state index >= 15 is 0 Å². The number of hydrogen-bond donors (Lipinski definition) is 1. The molecule has 0 aliphatic heterocycles. The van der Waals surface area contributed by atoms with E-state index in [9.17, 15) is 13.0 Å². The maximum absolute atomic E-state index is 11.3. The zero-order valence-corrected chi connectivity index (χ0v) is 16.8.